The molecule has 0 aromatic heterocycles. The van der Waals surface area contributed by atoms with Crippen LogP contribution in [0, 0.1) is 10.1 Å². The number of amides is 1. The van der Waals surface area contributed by atoms with Gasteiger partial charge in [0.1, 0.15) is 4.90 Å². The molecule has 1 aromatic rings. The van der Waals surface area contributed by atoms with E-state index >= 15 is 0 Å². The van der Waals surface area contributed by atoms with E-state index in [9.17, 15) is 28.1 Å². The Morgan fingerprint density at radius 2 is 1.88 bits per heavy atom. The van der Waals surface area contributed by atoms with Crippen molar-refractivity contribution < 1.29 is 27.7 Å². The molecule has 1 amide bonds. The van der Waals surface area contributed by atoms with Gasteiger partial charge in [-0.2, -0.15) is 0 Å². The number of rotatable bonds is 8. The van der Waals surface area contributed by atoms with Crippen LogP contribution in [0.2, 0.25) is 0 Å². The van der Waals surface area contributed by atoms with Crippen molar-refractivity contribution in [1.29, 1.82) is 0 Å². The molecule has 0 heterocycles. The molecule has 0 aliphatic carbocycles. The highest BCUT2D eigenvalue weighted by Gasteiger charge is 2.24. The van der Waals surface area contributed by atoms with E-state index in [2.05, 4.69) is 5.32 Å². The highest BCUT2D eigenvalue weighted by Crippen LogP contribution is 2.25. The summed E-state index contributed by atoms with van der Waals surface area (Å²) in [6.45, 7) is 3.28. The van der Waals surface area contributed by atoms with E-state index in [1.807, 2.05) is 13.8 Å². The first-order valence-corrected chi connectivity index (χ1v) is 9.44. The molecule has 1 rings (SSSR count). The molecule has 25 heavy (non-hydrogen) atoms. The number of nitro benzene ring substituents is 1. The zero-order chi connectivity index (χ0) is 19.2. The van der Waals surface area contributed by atoms with E-state index in [0.717, 1.165) is 37.3 Å². The van der Waals surface area contributed by atoms with E-state index in [1.54, 1.807) is 0 Å². The fraction of sp³-hybridized carbons (Fsp3) is 0.467. The third-order valence-corrected chi connectivity index (χ3v) is 4.62. The number of nitro groups is 1. The lowest BCUT2D eigenvalue weighted by atomic mass is 10.2. The number of carbonyl (C=O) groups is 2. The number of benzene rings is 1. The van der Waals surface area contributed by atoms with Crippen LogP contribution in [0.25, 0.3) is 0 Å². The number of nitrogens with one attached hydrogen (secondary N) is 1. The maximum absolute atomic E-state index is 11.9. The Bertz CT molecular complexity index is 770. The molecule has 0 spiro atoms. The molecule has 10 heteroatoms. The van der Waals surface area contributed by atoms with Crippen molar-refractivity contribution in [3.63, 3.8) is 0 Å². The van der Waals surface area contributed by atoms with Crippen molar-refractivity contribution >= 4 is 27.4 Å². The molecule has 1 aromatic carbocycles. The third-order valence-electron chi connectivity index (χ3n) is 3.48. The van der Waals surface area contributed by atoms with Gasteiger partial charge in [0.25, 0.3) is 11.6 Å². The molecule has 0 saturated carbocycles. The normalized spacial score (nSPS) is 11.2. The largest absolute Gasteiger partial charge is 0.452 e. The molecule has 0 radical (unpaired) electrons. The van der Waals surface area contributed by atoms with Crippen molar-refractivity contribution in [2.75, 3.05) is 12.9 Å². The van der Waals surface area contributed by atoms with Crippen LogP contribution in [-0.2, 0) is 19.4 Å². The quantitative estimate of drug-likeness (QED) is 0.415. The Kier molecular flexibility index (Phi) is 7.04. The molecule has 0 unspecified atom stereocenters. The second-order valence-corrected chi connectivity index (χ2v) is 7.35. The first kappa shape index (κ1) is 20.6. The highest BCUT2D eigenvalue weighted by atomic mass is 32.2. The summed E-state index contributed by atoms with van der Waals surface area (Å²) in [7, 11) is -3.82. The standard InChI is InChI=1S/C15H20N2O7S/c1-4-11(5-2)16-14(18)9-24-15(19)10-6-7-13(25(3,22)23)12(8-10)17(20)21/h6-8,11H,4-5,9H2,1-3H3,(H,16,18). The highest BCUT2D eigenvalue weighted by molar-refractivity contribution is 7.90. The van der Waals surface area contributed by atoms with Crippen molar-refractivity contribution in [2.45, 2.75) is 37.6 Å². The first-order valence-electron chi connectivity index (χ1n) is 7.55. The molecule has 0 aliphatic heterocycles. The zero-order valence-corrected chi connectivity index (χ0v) is 15.0. The SMILES string of the molecule is CCC(CC)NC(=O)COC(=O)c1ccc(S(C)(=O)=O)c([N+](=O)[O-])c1. The van der Waals surface area contributed by atoms with Crippen LogP contribution < -0.4 is 5.32 Å². The molecule has 0 saturated heterocycles. The minimum Gasteiger partial charge on any atom is -0.452 e. The van der Waals surface area contributed by atoms with Crippen molar-refractivity contribution in [3.8, 4) is 0 Å². The molecular formula is C15H20N2O7S. The van der Waals surface area contributed by atoms with Crippen LogP contribution >= 0.6 is 0 Å². The molecule has 1 N–H and O–H groups in total. The van der Waals surface area contributed by atoms with E-state index < -0.39 is 43.8 Å². The zero-order valence-electron chi connectivity index (χ0n) is 14.1. The number of carbonyl (C=O) groups excluding carboxylic acids is 2. The fourth-order valence-corrected chi connectivity index (χ4v) is 2.91. The average Bonchev–Trinajstić information content (AvgIpc) is 2.55. The third kappa shape index (κ3) is 5.82. The summed E-state index contributed by atoms with van der Waals surface area (Å²) in [6, 6.07) is 2.86. The van der Waals surface area contributed by atoms with Gasteiger partial charge < -0.3 is 10.1 Å². The van der Waals surface area contributed by atoms with Gasteiger partial charge in [-0.25, -0.2) is 13.2 Å². The summed E-state index contributed by atoms with van der Waals surface area (Å²) in [5, 5.41) is 13.7. The lowest BCUT2D eigenvalue weighted by Crippen LogP contribution is -2.36. The van der Waals surface area contributed by atoms with Gasteiger partial charge in [-0.15, -0.1) is 0 Å². The number of ether oxygens (including phenoxy) is 1. The van der Waals surface area contributed by atoms with Crippen LogP contribution in [0.15, 0.2) is 23.1 Å². The Morgan fingerprint density at radius 1 is 1.28 bits per heavy atom. The molecule has 9 nitrogen and oxygen atoms in total. The molecule has 0 bridgehead atoms. The lowest BCUT2D eigenvalue weighted by molar-refractivity contribution is -0.387. The fourth-order valence-electron chi connectivity index (χ4n) is 2.08. The number of esters is 1. The monoisotopic (exact) mass is 372 g/mol. The van der Waals surface area contributed by atoms with Crippen molar-refractivity contribution in [2.24, 2.45) is 0 Å². The van der Waals surface area contributed by atoms with Gasteiger partial charge in [0.2, 0.25) is 0 Å². The second kappa shape index (κ2) is 8.56. The molecule has 138 valence electrons. The number of nitrogens with zero attached hydrogens (tertiary/aromatic N) is 1. The second-order valence-electron chi connectivity index (χ2n) is 5.37. The van der Waals surface area contributed by atoms with Crippen LogP contribution in [0.5, 0.6) is 0 Å². The Balaban J connectivity index is 2.88. The van der Waals surface area contributed by atoms with Crippen molar-refractivity contribution in [3.05, 3.63) is 33.9 Å². The van der Waals surface area contributed by atoms with Crippen LogP contribution in [0.1, 0.15) is 37.0 Å². The molecular weight excluding hydrogens is 352 g/mol. The average molecular weight is 372 g/mol. The smallest absolute Gasteiger partial charge is 0.338 e. The Hall–Kier alpha value is -2.49. The van der Waals surface area contributed by atoms with Gasteiger partial charge in [-0.3, -0.25) is 14.9 Å². The number of hydrogen-bond acceptors (Lipinski definition) is 7. The number of sulfone groups is 1. The van der Waals surface area contributed by atoms with Gasteiger partial charge in [-0.05, 0) is 25.0 Å². The predicted octanol–water partition coefficient (Wildman–Crippen LogP) is 1.46. The van der Waals surface area contributed by atoms with E-state index in [4.69, 9.17) is 4.74 Å². The maximum atomic E-state index is 11.9. The first-order chi connectivity index (χ1) is 11.6. The summed E-state index contributed by atoms with van der Waals surface area (Å²) in [4.78, 5) is 33.3. The van der Waals surface area contributed by atoms with Gasteiger partial charge in [0.15, 0.2) is 16.4 Å². The van der Waals surface area contributed by atoms with E-state index in [0.29, 0.717) is 0 Å². The van der Waals surface area contributed by atoms with Crippen LogP contribution in [0.4, 0.5) is 5.69 Å². The Labute approximate surface area is 145 Å². The Morgan fingerprint density at radius 3 is 2.36 bits per heavy atom. The van der Waals surface area contributed by atoms with Crippen LogP contribution in [0.3, 0.4) is 0 Å². The van der Waals surface area contributed by atoms with Crippen molar-refractivity contribution in [1.82, 2.24) is 5.32 Å². The topological polar surface area (TPSA) is 133 Å². The molecule has 0 fully saturated rings. The van der Waals surface area contributed by atoms with Gasteiger partial charge >= 0.3 is 5.97 Å². The van der Waals surface area contributed by atoms with Gasteiger partial charge in [0, 0.05) is 18.4 Å². The predicted molar refractivity (Wildman–Crippen MR) is 89.0 cm³/mol. The minimum atomic E-state index is -3.82. The van der Waals surface area contributed by atoms with E-state index in [-0.39, 0.29) is 11.6 Å². The summed E-state index contributed by atoms with van der Waals surface area (Å²) < 4.78 is 27.9. The summed E-state index contributed by atoms with van der Waals surface area (Å²) in [5.74, 6) is -1.44. The molecule has 0 atom stereocenters. The van der Waals surface area contributed by atoms with Gasteiger partial charge in [0.05, 0.1) is 10.5 Å². The lowest BCUT2D eigenvalue weighted by Gasteiger charge is -2.14. The summed E-state index contributed by atoms with van der Waals surface area (Å²) in [5.41, 5.74) is -0.937. The maximum Gasteiger partial charge on any atom is 0.338 e. The number of hydrogen-bond donors (Lipinski definition) is 1. The summed E-state index contributed by atoms with van der Waals surface area (Å²) in [6.07, 6.45) is 2.29. The van der Waals surface area contributed by atoms with E-state index in [1.165, 1.54) is 0 Å². The minimum absolute atomic E-state index is 0.0265. The molecule has 0 aliphatic rings. The summed E-state index contributed by atoms with van der Waals surface area (Å²) >= 11 is 0. The van der Waals surface area contributed by atoms with Gasteiger partial charge in [-0.1, -0.05) is 13.8 Å². The van der Waals surface area contributed by atoms with Crippen LogP contribution in [-0.4, -0.2) is 44.1 Å².